The second-order valence-corrected chi connectivity index (χ2v) is 6.26. The third-order valence-electron chi connectivity index (χ3n) is 4.68. The Bertz CT molecular complexity index is 518. The van der Waals surface area contributed by atoms with Gasteiger partial charge in [0.2, 0.25) is 0 Å². The number of ketones is 1. The van der Waals surface area contributed by atoms with Crippen molar-refractivity contribution in [2.45, 2.75) is 51.6 Å². The molecule has 1 aromatic rings. The monoisotopic (exact) mass is 295 g/mol. The van der Waals surface area contributed by atoms with Gasteiger partial charge in [-0.3, -0.25) is 9.69 Å². The maximum absolute atomic E-state index is 13.3. The molecule has 0 spiro atoms. The Morgan fingerprint density at radius 2 is 2.00 bits per heavy atom. The Balaban J connectivity index is 2.08. The zero-order valence-corrected chi connectivity index (χ0v) is 12.9. The summed E-state index contributed by atoms with van der Waals surface area (Å²) >= 11 is 0. The van der Waals surface area contributed by atoms with E-state index in [-0.39, 0.29) is 17.4 Å². The molecule has 1 aliphatic rings. The smallest absolute Gasteiger partial charge is 0.179 e. The molecule has 1 fully saturated rings. The zero-order valence-electron chi connectivity index (χ0n) is 12.9. The molecule has 3 unspecified atom stereocenters. The van der Waals surface area contributed by atoms with E-state index in [9.17, 15) is 13.6 Å². The molecule has 0 radical (unpaired) electrons. The van der Waals surface area contributed by atoms with Crippen molar-refractivity contribution in [1.29, 1.82) is 0 Å². The van der Waals surface area contributed by atoms with Crippen molar-refractivity contribution in [2.75, 3.05) is 7.05 Å². The van der Waals surface area contributed by atoms with E-state index >= 15 is 0 Å². The molecule has 0 amide bonds. The molecule has 2 rings (SSSR count). The summed E-state index contributed by atoms with van der Waals surface area (Å²) in [6, 6.07) is 3.42. The van der Waals surface area contributed by atoms with Crippen molar-refractivity contribution in [3.63, 3.8) is 0 Å². The number of hydrogen-bond donors (Lipinski definition) is 0. The molecule has 0 N–H and O–H groups in total. The first-order valence-electron chi connectivity index (χ1n) is 7.61. The molecule has 4 heteroatoms. The Labute approximate surface area is 125 Å². The summed E-state index contributed by atoms with van der Waals surface area (Å²) in [6.07, 6.45) is 4.61. The lowest BCUT2D eigenvalue weighted by atomic mass is 9.85. The molecule has 0 aromatic heterocycles. The minimum atomic E-state index is -0.970. The van der Waals surface area contributed by atoms with Crippen molar-refractivity contribution in [3.05, 3.63) is 35.4 Å². The number of halogens is 2. The lowest BCUT2D eigenvalue weighted by Crippen LogP contribution is -2.44. The number of carbonyl (C=O) groups is 1. The third kappa shape index (κ3) is 3.67. The molecular formula is C17H23F2NO. The number of Topliss-reactive ketones (excluding diaryl/α,β-unsaturated/α-hetero) is 1. The normalized spacial score (nSPS) is 24.1. The number of hydrogen-bond acceptors (Lipinski definition) is 2. The Morgan fingerprint density at radius 1 is 1.29 bits per heavy atom. The molecule has 21 heavy (non-hydrogen) atoms. The van der Waals surface area contributed by atoms with Crippen LogP contribution in [0.2, 0.25) is 0 Å². The fraction of sp³-hybridized carbons (Fsp3) is 0.588. The average molecular weight is 295 g/mol. The van der Waals surface area contributed by atoms with E-state index in [0.29, 0.717) is 12.0 Å². The highest BCUT2D eigenvalue weighted by Gasteiger charge is 2.29. The van der Waals surface area contributed by atoms with E-state index in [1.54, 1.807) is 0 Å². The lowest BCUT2D eigenvalue weighted by Gasteiger charge is -2.37. The second kappa shape index (κ2) is 6.65. The minimum Gasteiger partial charge on any atom is -0.294 e. The molecule has 116 valence electrons. The van der Waals surface area contributed by atoms with Crippen LogP contribution in [0, 0.1) is 17.6 Å². The van der Waals surface area contributed by atoms with E-state index in [4.69, 9.17) is 0 Å². The van der Waals surface area contributed by atoms with Crippen LogP contribution in [0.3, 0.4) is 0 Å². The third-order valence-corrected chi connectivity index (χ3v) is 4.68. The number of benzene rings is 1. The molecule has 0 heterocycles. The van der Waals surface area contributed by atoms with Crippen molar-refractivity contribution in [3.8, 4) is 0 Å². The van der Waals surface area contributed by atoms with Crippen LogP contribution in [0.15, 0.2) is 18.2 Å². The van der Waals surface area contributed by atoms with Gasteiger partial charge in [-0.05, 0) is 50.9 Å². The predicted octanol–water partition coefficient (Wildman–Crippen LogP) is 4.05. The summed E-state index contributed by atoms with van der Waals surface area (Å²) in [5, 5.41) is 0. The first-order chi connectivity index (χ1) is 9.90. The van der Waals surface area contributed by atoms with Crippen molar-refractivity contribution in [2.24, 2.45) is 5.92 Å². The predicted molar refractivity (Wildman–Crippen MR) is 79.3 cm³/mol. The van der Waals surface area contributed by atoms with Crippen molar-refractivity contribution >= 4 is 5.78 Å². The maximum Gasteiger partial charge on any atom is 0.179 e. The highest BCUT2D eigenvalue weighted by molar-refractivity contribution is 5.99. The van der Waals surface area contributed by atoms with E-state index < -0.39 is 11.6 Å². The summed E-state index contributed by atoms with van der Waals surface area (Å²) in [4.78, 5) is 14.5. The molecule has 3 atom stereocenters. The van der Waals surface area contributed by atoms with Gasteiger partial charge in [-0.2, -0.15) is 0 Å². The second-order valence-electron chi connectivity index (χ2n) is 6.26. The Morgan fingerprint density at radius 3 is 2.62 bits per heavy atom. The number of likely N-dealkylation sites (N-methyl/N-ethyl adjacent to an activating group) is 1. The maximum atomic E-state index is 13.3. The number of nitrogens with zero attached hydrogens (tertiary/aromatic N) is 1. The van der Waals surface area contributed by atoms with Gasteiger partial charge in [0.25, 0.3) is 0 Å². The van der Waals surface area contributed by atoms with Crippen LogP contribution in [0.5, 0.6) is 0 Å². The molecule has 0 saturated heterocycles. The molecule has 0 bridgehead atoms. The summed E-state index contributed by atoms with van der Waals surface area (Å²) in [7, 11) is 1.95. The van der Waals surface area contributed by atoms with Gasteiger partial charge in [-0.1, -0.05) is 19.8 Å². The van der Waals surface area contributed by atoms with Crippen LogP contribution >= 0.6 is 0 Å². The molecule has 0 aliphatic heterocycles. The van der Waals surface area contributed by atoms with Crippen LogP contribution in [-0.2, 0) is 0 Å². The van der Waals surface area contributed by atoms with Crippen molar-refractivity contribution in [1.82, 2.24) is 4.90 Å². The average Bonchev–Trinajstić information content (AvgIpc) is 2.47. The summed E-state index contributed by atoms with van der Waals surface area (Å²) < 4.78 is 26.2. The Kier molecular flexibility index (Phi) is 5.09. The summed E-state index contributed by atoms with van der Waals surface area (Å²) in [5.41, 5.74) is 0.233. The zero-order chi connectivity index (χ0) is 15.6. The van der Waals surface area contributed by atoms with E-state index in [0.717, 1.165) is 25.0 Å². The highest BCUT2D eigenvalue weighted by atomic mass is 19.2. The fourth-order valence-electron chi connectivity index (χ4n) is 3.16. The van der Waals surface area contributed by atoms with Crippen LogP contribution < -0.4 is 0 Å². The SMILES string of the molecule is CC1CCCC(N(C)C(C)C(=O)c2ccc(F)c(F)c2)C1. The van der Waals surface area contributed by atoms with E-state index in [1.165, 1.54) is 18.9 Å². The van der Waals surface area contributed by atoms with Gasteiger partial charge in [-0.25, -0.2) is 8.78 Å². The molecular weight excluding hydrogens is 272 g/mol. The van der Waals surface area contributed by atoms with Gasteiger partial charge in [-0.15, -0.1) is 0 Å². The molecule has 1 aliphatic carbocycles. The van der Waals surface area contributed by atoms with Gasteiger partial charge in [0.1, 0.15) is 0 Å². The van der Waals surface area contributed by atoms with Crippen LogP contribution in [0.4, 0.5) is 8.78 Å². The summed E-state index contributed by atoms with van der Waals surface area (Å²) in [6.45, 7) is 4.07. The number of rotatable bonds is 4. The summed E-state index contributed by atoms with van der Waals surface area (Å²) in [5.74, 6) is -1.37. The van der Waals surface area contributed by atoms with Crippen molar-refractivity contribution < 1.29 is 13.6 Å². The first-order valence-corrected chi connectivity index (χ1v) is 7.61. The van der Waals surface area contributed by atoms with Gasteiger partial charge in [0.15, 0.2) is 17.4 Å². The quantitative estimate of drug-likeness (QED) is 0.781. The largest absolute Gasteiger partial charge is 0.294 e. The fourth-order valence-corrected chi connectivity index (χ4v) is 3.16. The van der Waals surface area contributed by atoms with Crippen LogP contribution in [0.1, 0.15) is 49.9 Å². The molecule has 2 nitrogen and oxygen atoms in total. The highest BCUT2D eigenvalue weighted by Crippen LogP contribution is 2.28. The van der Waals surface area contributed by atoms with Gasteiger partial charge in [0, 0.05) is 11.6 Å². The standard InChI is InChI=1S/C17H23F2NO/c1-11-5-4-6-14(9-11)20(3)12(2)17(21)13-7-8-15(18)16(19)10-13/h7-8,10-12,14H,4-6,9H2,1-3H3. The van der Waals surface area contributed by atoms with Gasteiger partial charge >= 0.3 is 0 Å². The van der Waals surface area contributed by atoms with E-state index in [2.05, 4.69) is 11.8 Å². The van der Waals surface area contributed by atoms with Crippen LogP contribution in [-0.4, -0.2) is 29.8 Å². The topological polar surface area (TPSA) is 20.3 Å². The number of carbonyl (C=O) groups excluding carboxylic acids is 1. The Hall–Kier alpha value is -1.29. The minimum absolute atomic E-state index is 0.158. The van der Waals surface area contributed by atoms with Gasteiger partial charge in [0.05, 0.1) is 6.04 Å². The van der Waals surface area contributed by atoms with Gasteiger partial charge < -0.3 is 0 Å². The van der Waals surface area contributed by atoms with E-state index in [1.807, 2.05) is 14.0 Å². The van der Waals surface area contributed by atoms with Crippen LogP contribution in [0.25, 0.3) is 0 Å². The lowest BCUT2D eigenvalue weighted by molar-refractivity contribution is 0.0747. The molecule has 1 saturated carbocycles. The first kappa shape index (κ1) is 16.1. The molecule has 1 aromatic carbocycles.